The second-order valence-electron chi connectivity index (χ2n) is 9.67. The number of hydrogen-bond acceptors (Lipinski definition) is 6. The number of rotatable bonds is 5. The largest absolute Gasteiger partial charge is 0.476 e. The minimum Gasteiger partial charge on any atom is -0.476 e. The number of alkyl halides is 3. The number of pyridine rings is 1. The first kappa shape index (κ1) is 25.4. The Morgan fingerprint density at radius 3 is 2.41 bits per heavy atom. The summed E-state index contributed by atoms with van der Waals surface area (Å²) in [5.41, 5.74) is 1.06. The number of hydrogen-bond donors (Lipinski definition) is 2. The predicted molar refractivity (Wildman–Crippen MR) is 139 cm³/mol. The molecule has 0 unspecified atom stereocenters. The second kappa shape index (κ2) is 9.90. The average Bonchev–Trinajstić information content (AvgIpc) is 2.86. The van der Waals surface area contributed by atoms with E-state index in [0.29, 0.717) is 17.3 Å². The van der Waals surface area contributed by atoms with Crippen molar-refractivity contribution in [1.29, 1.82) is 0 Å². The number of carbonyl (C=O) groups is 1. The normalized spacial score (nSPS) is 18.0. The first-order valence-electron chi connectivity index (χ1n) is 12.0. The highest BCUT2D eigenvalue weighted by atomic mass is 32.2. The molecule has 2 aliphatic rings. The van der Waals surface area contributed by atoms with Gasteiger partial charge < -0.3 is 15.4 Å². The second-order valence-corrected chi connectivity index (χ2v) is 10.8. The van der Waals surface area contributed by atoms with Crippen molar-refractivity contribution in [3.63, 3.8) is 0 Å². The van der Waals surface area contributed by atoms with Crippen LogP contribution >= 0.6 is 11.9 Å². The van der Waals surface area contributed by atoms with Gasteiger partial charge in [0.2, 0.25) is 0 Å². The van der Waals surface area contributed by atoms with E-state index < -0.39 is 17.3 Å². The SMILES string of the molecule is CC1(C)Oc2ccc(-c3ccc(SN4CCC(Nc5ccc(C(F)(F)F)cn5)CC4)cc3)cc2NC1=O. The summed E-state index contributed by atoms with van der Waals surface area (Å²) in [6, 6.07) is 16.7. The van der Waals surface area contributed by atoms with Gasteiger partial charge in [-0.3, -0.25) is 4.79 Å². The maximum Gasteiger partial charge on any atom is 0.417 e. The zero-order chi connectivity index (χ0) is 26.2. The van der Waals surface area contributed by atoms with Gasteiger partial charge in [-0.2, -0.15) is 13.2 Å². The van der Waals surface area contributed by atoms with E-state index in [4.69, 9.17) is 4.74 Å². The molecule has 10 heteroatoms. The minimum atomic E-state index is -4.38. The molecule has 37 heavy (non-hydrogen) atoms. The highest BCUT2D eigenvalue weighted by molar-refractivity contribution is 7.97. The molecule has 0 atom stereocenters. The summed E-state index contributed by atoms with van der Waals surface area (Å²) in [6.45, 7) is 5.19. The average molecular weight is 529 g/mol. The number of ether oxygens (including phenoxy) is 1. The Bertz CT molecular complexity index is 1270. The molecule has 2 N–H and O–H groups in total. The minimum absolute atomic E-state index is 0.168. The van der Waals surface area contributed by atoms with E-state index >= 15 is 0 Å². The van der Waals surface area contributed by atoms with E-state index in [1.54, 1.807) is 25.8 Å². The summed E-state index contributed by atoms with van der Waals surface area (Å²) < 4.78 is 46.3. The Morgan fingerprint density at radius 1 is 1.05 bits per heavy atom. The third-order valence-corrected chi connectivity index (χ3v) is 7.56. The van der Waals surface area contributed by atoms with Crippen LogP contribution in [0.25, 0.3) is 11.1 Å². The number of carbonyl (C=O) groups excluding carboxylic acids is 1. The summed E-state index contributed by atoms with van der Waals surface area (Å²) in [4.78, 5) is 17.3. The number of fused-ring (bicyclic) bond motifs is 1. The molecule has 1 aromatic heterocycles. The van der Waals surface area contributed by atoms with Gasteiger partial charge in [0.05, 0.1) is 11.3 Å². The third-order valence-electron chi connectivity index (χ3n) is 6.46. The number of aromatic nitrogens is 1. The Kier molecular flexibility index (Phi) is 6.80. The van der Waals surface area contributed by atoms with Crippen LogP contribution in [0.15, 0.2) is 65.7 Å². The van der Waals surface area contributed by atoms with Gasteiger partial charge >= 0.3 is 6.18 Å². The van der Waals surface area contributed by atoms with Crippen molar-refractivity contribution >= 4 is 29.4 Å². The fourth-order valence-electron chi connectivity index (χ4n) is 4.30. The Morgan fingerprint density at radius 2 is 1.76 bits per heavy atom. The van der Waals surface area contributed by atoms with Crippen molar-refractivity contribution in [3.8, 4) is 16.9 Å². The van der Waals surface area contributed by atoms with E-state index in [1.165, 1.54) is 6.07 Å². The highest BCUT2D eigenvalue weighted by Gasteiger charge is 2.35. The summed E-state index contributed by atoms with van der Waals surface area (Å²) in [7, 11) is 0. The molecule has 0 saturated carbocycles. The molecule has 1 saturated heterocycles. The van der Waals surface area contributed by atoms with Crippen LogP contribution in [0, 0.1) is 0 Å². The standard InChI is InChI=1S/C27H27F3N4O2S/c1-26(2)25(35)33-22-15-18(5-9-23(22)36-26)17-3-7-21(8-4-17)37-34-13-11-20(12-14-34)32-24-10-6-19(16-31-24)27(28,29)30/h3-10,15-16,20H,11-14H2,1-2H3,(H,31,32)(H,33,35). The lowest BCUT2D eigenvalue weighted by molar-refractivity contribution is -0.137. The lowest BCUT2D eigenvalue weighted by atomic mass is 10.0. The Hall–Kier alpha value is -3.24. The summed E-state index contributed by atoms with van der Waals surface area (Å²) in [5.74, 6) is 0.956. The molecule has 0 spiro atoms. The van der Waals surface area contributed by atoms with Gasteiger partial charge in [0.15, 0.2) is 5.60 Å². The number of halogens is 3. The molecule has 0 radical (unpaired) electrons. The number of amides is 1. The van der Waals surface area contributed by atoms with Gasteiger partial charge in [-0.1, -0.05) is 18.2 Å². The molecule has 194 valence electrons. The van der Waals surface area contributed by atoms with E-state index in [2.05, 4.69) is 44.2 Å². The van der Waals surface area contributed by atoms with Crippen LogP contribution in [-0.4, -0.2) is 39.9 Å². The summed E-state index contributed by atoms with van der Waals surface area (Å²) in [6.07, 6.45) is -1.77. The van der Waals surface area contributed by atoms with Gasteiger partial charge in [-0.05, 0) is 86.2 Å². The van der Waals surface area contributed by atoms with Crippen LogP contribution in [0.2, 0.25) is 0 Å². The Labute approximate surface area is 217 Å². The molecule has 0 bridgehead atoms. The lowest BCUT2D eigenvalue weighted by Gasteiger charge is -2.32. The van der Waals surface area contributed by atoms with Crippen LogP contribution in [0.1, 0.15) is 32.3 Å². The van der Waals surface area contributed by atoms with E-state index in [0.717, 1.165) is 54.2 Å². The van der Waals surface area contributed by atoms with Gasteiger partial charge in [0.1, 0.15) is 11.6 Å². The number of nitrogens with one attached hydrogen (secondary N) is 2. The molecule has 6 nitrogen and oxygen atoms in total. The van der Waals surface area contributed by atoms with Crippen LogP contribution in [0.4, 0.5) is 24.7 Å². The summed E-state index contributed by atoms with van der Waals surface area (Å²) in [5, 5.41) is 6.17. The van der Waals surface area contributed by atoms with Gasteiger partial charge in [0, 0.05) is 30.2 Å². The smallest absolute Gasteiger partial charge is 0.417 e. The molecule has 5 rings (SSSR count). The number of anilines is 2. The van der Waals surface area contributed by atoms with Crippen LogP contribution < -0.4 is 15.4 Å². The van der Waals surface area contributed by atoms with Crippen molar-refractivity contribution < 1.29 is 22.7 Å². The van der Waals surface area contributed by atoms with E-state index in [1.807, 2.05) is 18.2 Å². The lowest BCUT2D eigenvalue weighted by Crippen LogP contribution is -2.45. The third kappa shape index (κ3) is 5.86. The molecular weight excluding hydrogens is 501 g/mol. The molecule has 2 aliphatic heterocycles. The first-order valence-corrected chi connectivity index (χ1v) is 12.8. The predicted octanol–water partition coefficient (Wildman–Crippen LogP) is 6.46. The van der Waals surface area contributed by atoms with Crippen LogP contribution in [0.3, 0.4) is 0 Å². The monoisotopic (exact) mass is 528 g/mol. The molecule has 0 aliphatic carbocycles. The number of nitrogens with zero attached hydrogens (tertiary/aromatic N) is 2. The summed E-state index contributed by atoms with van der Waals surface area (Å²) >= 11 is 1.69. The molecule has 2 aromatic carbocycles. The topological polar surface area (TPSA) is 66.5 Å². The zero-order valence-electron chi connectivity index (χ0n) is 20.4. The maximum atomic E-state index is 12.7. The fourth-order valence-corrected chi connectivity index (χ4v) is 5.24. The van der Waals surface area contributed by atoms with E-state index in [9.17, 15) is 18.0 Å². The molecular formula is C27H27F3N4O2S. The number of piperidine rings is 1. The van der Waals surface area contributed by atoms with Crippen LogP contribution in [-0.2, 0) is 11.0 Å². The maximum absolute atomic E-state index is 12.7. The fraction of sp³-hybridized carbons (Fsp3) is 0.333. The van der Waals surface area contributed by atoms with Gasteiger partial charge in [0.25, 0.3) is 5.91 Å². The molecule has 1 fully saturated rings. The number of benzene rings is 2. The van der Waals surface area contributed by atoms with E-state index in [-0.39, 0.29) is 11.9 Å². The van der Waals surface area contributed by atoms with Gasteiger partial charge in [-0.25, -0.2) is 9.29 Å². The van der Waals surface area contributed by atoms with Crippen molar-refractivity contribution in [1.82, 2.24) is 9.29 Å². The molecule has 3 heterocycles. The molecule has 1 amide bonds. The zero-order valence-corrected chi connectivity index (χ0v) is 21.2. The van der Waals surface area contributed by atoms with Crippen molar-refractivity contribution in [3.05, 3.63) is 66.4 Å². The molecule has 3 aromatic rings. The van der Waals surface area contributed by atoms with Crippen molar-refractivity contribution in [2.24, 2.45) is 0 Å². The van der Waals surface area contributed by atoms with Crippen molar-refractivity contribution in [2.45, 2.75) is 49.4 Å². The highest BCUT2D eigenvalue weighted by Crippen LogP contribution is 2.37. The van der Waals surface area contributed by atoms with Crippen LogP contribution in [0.5, 0.6) is 5.75 Å². The van der Waals surface area contributed by atoms with Crippen molar-refractivity contribution in [2.75, 3.05) is 23.7 Å². The van der Waals surface area contributed by atoms with Gasteiger partial charge in [-0.15, -0.1) is 0 Å². The Balaban J connectivity index is 1.14. The quantitative estimate of drug-likeness (QED) is 0.371. The first-order chi connectivity index (χ1) is 17.6.